The Morgan fingerprint density at radius 2 is 2.07 bits per heavy atom. The highest BCUT2D eigenvalue weighted by Crippen LogP contribution is 2.38. The fourth-order valence-electron chi connectivity index (χ4n) is 2.56. The van der Waals surface area contributed by atoms with Crippen LogP contribution in [0.4, 0.5) is 14.6 Å². The normalized spacial score (nSPS) is 14.2. The number of rotatable bonds is 8. The van der Waals surface area contributed by atoms with Gasteiger partial charge in [0.2, 0.25) is 0 Å². The summed E-state index contributed by atoms with van der Waals surface area (Å²) in [5.41, 5.74) is 0.220. The number of aromatic nitrogens is 2. The third-order valence-corrected chi connectivity index (χ3v) is 4.86. The summed E-state index contributed by atoms with van der Waals surface area (Å²) in [6, 6.07) is 3.13. The largest absolute Gasteiger partial charge is 0.365 e. The van der Waals surface area contributed by atoms with Crippen LogP contribution in [0.1, 0.15) is 40.5 Å². The fraction of sp³-hybridized carbons (Fsp3) is 0.316. The van der Waals surface area contributed by atoms with Crippen LogP contribution < -0.4 is 10.6 Å². The van der Waals surface area contributed by atoms with E-state index in [4.69, 9.17) is 0 Å². The molecule has 2 N–H and O–H groups in total. The van der Waals surface area contributed by atoms with Crippen molar-refractivity contribution < 1.29 is 22.0 Å². The van der Waals surface area contributed by atoms with E-state index in [2.05, 4.69) is 20.6 Å². The maximum Gasteiger partial charge on any atom is 0.256 e. The van der Waals surface area contributed by atoms with E-state index < -0.39 is 27.4 Å². The Hall–Kier alpha value is -2.88. The van der Waals surface area contributed by atoms with Crippen molar-refractivity contribution in [1.82, 2.24) is 15.3 Å². The van der Waals surface area contributed by atoms with Gasteiger partial charge in [-0.05, 0) is 31.0 Å². The predicted molar refractivity (Wildman–Crippen MR) is 104 cm³/mol. The Bertz CT molecular complexity index is 1050. The molecule has 0 bridgehead atoms. The number of nitrogens with zero attached hydrogens (tertiary/aromatic N) is 2. The minimum Gasteiger partial charge on any atom is -0.365 e. The van der Waals surface area contributed by atoms with Gasteiger partial charge < -0.3 is 10.6 Å². The first-order chi connectivity index (χ1) is 13.7. The minimum absolute atomic E-state index is 0.00571. The zero-order valence-corrected chi connectivity index (χ0v) is 16.5. The van der Waals surface area contributed by atoms with Gasteiger partial charge in [0, 0.05) is 42.4 Å². The monoisotopic (exact) mass is 422 g/mol. The average Bonchev–Trinajstić information content (AvgIpc) is 3.50. The van der Waals surface area contributed by atoms with E-state index >= 15 is 0 Å². The summed E-state index contributed by atoms with van der Waals surface area (Å²) >= 11 is 0. The van der Waals surface area contributed by atoms with Crippen molar-refractivity contribution in [3.63, 3.8) is 0 Å². The highest BCUT2D eigenvalue weighted by Gasteiger charge is 2.28. The van der Waals surface area contributed by atoms with Crippen LogP contribution in [-0.2, 0) is 16.4 Å². The van der Waals surface area contributed by atoms with Gasteiger partial charge in [0.15, 0.2) is 9.84 Å². The first-order valence-corrected chi connectivity index (χ1v) is 10.9. The van der Waals surface area contributed by atoms with Crippen LogP contribution in [-0.4, -0.2) is 37.1 Å². The first-order valence-electron chi connectivity index (χ1n) is 8.92. The average molecular weight is 422 g/mol. The van der Waals surface area contributed by atoms with Crippen molar-refractivity contribution in [1.29, 1.82) is 0 Å². The van der Waals surface area contributed by atoms with Crippen LogP contribution in [0.15, 0.2) is 35.9 Å². The van der Waals surface area contributed by atoms with E-state index in [1.54, 1.807) is 0 Å². The molecule has 0 saturated heterocycles. The molecule has 7 nitrogen and oxygen atoms in total. The van der Waals surface area contributed by atoms with Gasteiger partial charge in [-0.2, -0.15) is 0 Å². The van der Waals surface area contributed by atoms with E-state index in [0.717, 1.165) is 42.7 Å². The lowest BCUT2D eigenvalue weighted by Crippen LogP contribution is -2.25. The topological polar surface area (TPSA) is 101 Å². The Kier molecular flexibility index (Phi) is 6.21. The highest BCUT2D eigenvalue weighted by molar-refractivity contribution is 7.93. The third kappa shape index (κ3) is 6.05. The second-order valence-corrected chi connectivity index (χ2v) is 8.70. The van der Waals surface area contributed by atoms with Gasteiger partial charge in [-0.3, -0.25) is 4.79 Å². The summed E-state index contributed by atoms with van der Waals surface area (Å²) in [5.74, 6) is -0.646. The summed E-state index contributed by atoms with van der Waals surface area (Å²) in [4.78, 5) is 21.1. The zero-order chi connectivity index (χ0) is 21.0. The first kappa shape index (κ1) is 20.8. The number of anilines is 1. The molecule has 0 unspecified atom stereocenters. The standard InChI is InChI=1S/C19H20F2N4O3S/c1-29(27,28)8-2-7-22-19(26)15-11-24-17(12-3-4-12)25-18(15)23-10-13-9-14(20)5-6-16(13)21/h2,5-6,8-9,11-12H,3-4,7,10H2,1H3,(H,22,26)(H,23,24,25)/b8-2+. The molecule has 1 heterocycles. The summed E-state index contributed by atoms with van der Waals surface area (Å²) in [6.07, 6.45) is 5.64. The number of nitrogens with one attached hydrogen (secondary N) is 2. The summed E-state index contributed by atoms with van der Waals surface area (Å²) in [6.45, 7) is -0.0762. The number of amides is 1. The van der Waals surface area contributed by atoms with E-state index in [9.17, 15) is 22.0 Å². The molecule has 1 aliphatic carbocycles. The van der Waals surface area contributed by atoms with Crippen molar-refractivity contribution >= 4 is 21.6 Å². The van der Waals surface area contributed by atoms with Gasteiger partial charge in [-0.15, -0.1) is 0 Å². The molecule has 1 aromatic carbocycles. The number of hydrogen-bond acceptors (Lipinski definition) is 6. The highest BCUT2D eigenvalue weighted by atomic mass is 32.2. The van der Waals surface area contributed by atoms with Crippen molar-refractivity contribution in [3.8, 4) is 0 Å². The molecule has 0 atom stereocenters. The Labute approximate surface area is 167 Å². The maximum absolute atomic E-state index is 13.9. The lowest BCUT2D eigenvalue weighted by atomic mass is 10.2. The molecule has 29 heavy (non-hydrogen) atoms. The number of halogens is 2. The van der Waals surface area contributed by atoms with E-state index in [1.807, 2.05) is 0 Å². The quantitative estimate of drug-likeness (QED) is 0.678. The van der Waals surface area contributed by atoms with Crippen LogP contribution in [0.3, 0.4) is 0 Å². The predicted octanol–water partition coefficient (Wildman–Crippen LogP) is 2.53. The van der Waals surface area contributed by atoms with Crippen LogP contribution >= 0.6 is 0 Å². The Morgan fingerprint density at radius 1 is 1.31 bits per heavy atom. The van der Waals surface area contributed by atoms with E-state index in [-0.39, 0.29) is 36.0 Å². The minimum atomic E-state index is -3.28. The molecule has 0 radical (unpaired) electrons. The summed E-state index contributed by atoms with van der Waals surface area (Å²) in [5, 5.41) is 6.43. The second kappa shape index (κ2) is 8.64. The SMILES string of the molecule is CS(=O)(=O)/C=C/CNC(=O)c1cnc(C2CC2)nc1NCc1cc(F)ccc1F. The van der Waals surface area contributed by atoms with Gasteiger partial charge >= 0.3 is 0 Å². The smallest absolute Gasteiger partial charge is 0.256 e. The molecule has 1 fully saturated rings. The van der Waals surface area contributed by atoms with Crippen molar-refractivity contribution in [2.24, 2.45) is 0 Å². The number of sulfone groups is 1. The molecule has 0 aliphatic heterocycles. The van der Waals surface area contributed by atoms with E-state index in [0.29, 0.717) is 5.82 Å². The number of carbonyl (C=O) groups excluding carboxylic acids is 1. The molecule has 2 aromatic rings. The molecule has 3 rings (SSSR count). The fourth-order valence-corrected chi connectivity index (χ4v) is 3.01. The molecule has 1 aromatic heterocycles. The molecule has 1 aliphatic rings. The maximum atomic E-state index is 13.9. The molecule has 0 spiro atoms. The van der Waals surface area contributed by atoms with Crippen LogP contribution in [0.5, 0.6) is 0 Å². The third-order valence-electron chi connectivity index (χ3n) is 4.17. The summed E-state index contributed by atoms with van der Waals surface area (Å²) < 4.78 is 49.4. The van der Waals surface area contributed by atoms with Crippen LogP contribution in [0.25, 0.3) is 0 Å². The van der Waals surface area contributed by atoms with Gasteiger partial charge in [0.1, 0.15) is 28.8 Å². The van der Waals surface area contributed by atoms with Gasteiger partial charge in [-0.25, -0.2) is 27.2 Å². The van der Waals surface area contributed by atoms with Crippen LogP contribution in [0, 0.1) is 11.6 Å². The van der Waals surface area contributed by atoms with Gasteiger partial charge in [-0.1, -0.05) is 6.08 Å². The number of carbonyl (C=O) groups is 1. The molecular formula is C19H20F2N4O3S. The van der Waals surface area contributed by atoms with Gasteiger partial charge in [0.05, 0.1) is 0 Å². The lowest BCUT2D eigenvalue weighted by molar-refractivity contribution is 0.0958. The summed E-state index contributed by atoms with van der Waals surface area (Å²) in [7, 11) is -3.28. The number of benzene rings is 1. The molecule has 154 valence electrons. The van der Waals surface area contributed by atoms with Crippen LogP contribution in [0.2, 0.25) is 0 Å². The molecular weight excluding hydrogens is 402 g/mol. The second-order valence-electron chi connectivity index (χ2n) is 6.77. The van der Waals surface area contributed by atoms with E-state index in [1.165, 1.54) is 12.3 Å². The molecule has 10 heteroatoms. The zero-order valence-electron chi connectivity index (χ0n) is 15.7. The lowest BCUT2D eigenvalue weighted by Gasteiger charge is -2.12. The molecule has 1 saturated carbocycles. The van der Waals surface area contributed by atoms with Gasteiger partial charge in [0.25, 0.3) is 5.91 Å². The van der Waals surface area contributed by atoms with Crippen molar-refractivity contribution in [2.45, 2.75) is 25.3 Å². The molecule has 1 amide bonds. The van der Waals surface area contributed by atoms with Crippen molar-refractivity contribution in [3.05, 3.63) is 64.5 Å². The number of hydrogen-bond donors (Lipinski definition) is 2. The Balaban J connectivity index is 1.76. The van der Waals surface area contributed by atoms with Crippen molar-refractivity contribution in [2.75, 3.05) is 18.1 Å². The Morgan fingerprint density at radius 3 is 2.76 bits per heavy atom.